The molecule has 1 aliphatic heterocycles. The van der Waals surface area contributed by atoms with Crippen molar-refractivity contribution in [3.63, 3.8) is 0 Å². The fourth-order valence-electron chi connectivity index (χ4n) is 3.45. The van der Waals surface area contributed by atoms with Crippen molar-refractivity contribution in [2.24, 2.45) is 0 Å². The molecule has 2 atom stereocenters. The van der Waals surface area contributed by atoms with Crippen molar-refractivity contribution in [1.82, 2.24) is 10.2 Å². The van der Waals surface area contributed by atoms with Gasteiger partial charge in [0.25, 0.3) is 5.91 Å². The van der Waals surface area contributed by atoms with E-state index in [1.54, 1.807) is 12.1 Å². The number of carbonyl (C=O) groups is 3. The Kier molecular flexibility index (Phi) is 6.13. The maximum atomic E-state index is 13.0. The zero-order valence-electron chi connectivity index (χ0n) is 15.8. The molecule has 2 N–H and O–H groups in total. The van der Waals surface area contributed by atoms with Crippen LogP contribution in [0.5, 0.6) is 0 Å². The summed E-state index contributed by atoms with van der Waals surface area (Å²) in [5, 5.41) is 12.0. The van der Waals surface area contributed by atoms with E-state index < -0.39 is 24.0 Å². The number of benzene rings is 1. The van der Waals surface area contributed by atoms with Crippen LogP contribution in [0.3, 0.4) is 0 Å². The van der Waals surface area contributed by atoms with Crippen LogP contribution in [0.25, 0.3) is 0 Å². The van der Waals surface area contributed by atoms with E-state index in [1.165, 1.54) is 11.2 Å². The van der Waals surface area contributed by atoms with Crippen molar-refractivity contribution in [3.05, 3.63) is 59.5 Å². The number of carboxylic acids is 1. The summed E-state index contributed by atoms with van der Waals surface area (Å²) in [6, 6.07) is 9.04. The molecule has 1 aromatic carbocycles. The van der Waals surface area contributed by atoms with Crippen LogP contribution in [0.2, 0.25) is 0 Å². The van der Waals surface area contributed by atoms with Gasteiger partial charge in [-0.1, -0.05) is 44.0 Å². The lowest BCUT2D eigenvalue weighted by Gasteiger charge is -2.36. The topological polar surface area (TPSA) is 99.9 Å². The number of hydrogen-bond donors (Lipinski definition) is 2. The Morgan fingerprint density at radius 1 is 1.21 bits per heavy atom. The molecular formula is C21H24N2O5. The van der Waals surface area contributed by atoms with E-state index in [0.717, 1.165) is 17.5 Å². The number of unbranched alkanes of at least 4 members (excludes halogenated alkanes) is 1. The maximum absolute atomic E-state index is 13.0. The first-order valence-corrected chi connectivity index (χ1v) is 9.45. The van der Waals surface area contributed by atoms with Gasteiger partial charge in [-0.05, 0) is 29.7 Å². The highest BCUT2D eigenvalue weighted by Crippen LogP contribution is 2.25. The second-order valence-corrected chi connectivity index (χ2v) is 6.94. The van der Waals surface area contributed by atoms with Crippen molar-refractivity contribution in [2.45, 2.75) is 51.2 Å². The van der Waals surface area contributed by atoms with Gasteiger partial charge in [-0.25, -0.2) is 4.79 Å². The fourth-order valence-corrected chi connectivity index (χ4v) is 3.45. The Morgan fingerprint density at radius 3 is 2.61 bits per heavy atom. The Bertz CT molecular complexity index is 846. The third kappa shape index (κ3) is 4.24. The third-order valence-corrected chi connectivity index (χ3v) is 5.00. The average Bonchev–Trinajstić information content (AvgIpc) is 3.24. The third-order valence-electron chi connectivity index (χ3n) is 5.00. The number of nitrogens with zero attached hydrogens (tertiary/aromatic N) is 1. The first-order valence-electron chi connectivity index (χ1n) is 9.45. The first kappa shape index (κ1) is 19.7. The molecule has 1 aromatic heterocycles. The summed E-state index contributed by atoms with van der Waals surface area (Å²) in [5.41, 5.74) is 1.94. The van der Waals surface area contributed by atoms with Crippen LogP contribution in [-0.4, -0.2) is 39.9 Å². The predicted molar refractivity (Wildman–Crippen MR) is 102 cm³/mol. The summed E-state index contributed by atoms with van der Waals surface area (Å²) in [6.45, 7) is 2.23. The highest BCUT2D eigenvalue weighted by molar-refractivity contribution is 5.96. The number of carboxylic acid groups (broad SMARTS) is 1. The minimum absolute atomic E-state index is 0.151. The van der Waals surface area contributed by atoms with E-state index in [9.17, 15) is 19.5 Å². The van der Waals surface area contributed by atoms with Crippen LogP contribution in [0.4, 0.5) is 0 Å². The maximum Gasteiger partial charge on any atom is 0.326 e. The van der Waals surface area contributed by atoms with Crippen LogP contribution >= 0.6 is 0 Å². The van der Waals surface area contributed by atoms with Gasteiger partial charge in [-0.3, -0.25) is 9.59 Å². The molecule has 28 heavy (non-hydrogen) atoms. The zero-order chi connectivity index (χ0) is 20.1. The lowest BCUT2D eigenvalue weighted by atomic mass is 9.93. The quantitative estimate of drug-likeness (QED) is 0.764. The summed E-state index contributed by atoms with van der Waals surface area (Å²) in [6.07, 6.45) is 3.62. The molecule has 0 spiro atoms. The zero-order valence-corrected chi connectivity index (χ0v) is 15.8. The number of rotatable bonds is 7. The molecule has 7 nitrogen and oxygen atoms in total. The van der Waals surface area contributed by atoms with Gasteiger partial charge in [0.15, 0.2) is 5.76 Å². The van der Waals surface area contributed by atoms with Gasteiger partial charge in [0.1, 0.15) is 12.1 Å². The smallest absolute Gasteiger partial charge is 0.326 e. The molecular weight excluding hydrogens is 360 g/mol. The minimum atomic E-state index is -1.07. The van der Waals surface area contributed by atoms with Crippen LogP contribution in [0, 0.1) is 0 Å². The number of carbonyl (C=O) groups excluding carboxylic acids is 2. The summed E-state index contributed by atoms with van der Waals surface area (Å²) in [4.78, 5) is 38.9. The average molecular weight is 384 g/mol. The summed E-state index contributed by atoms with van der Waals surface area (Å²) >= 11 is 0. The van der Waals surface area contributed by atoms with E-state index in [2.05, 4.69) is 5.32 Å². The fraction of sp³-hybridized carbons (Fsp3) is 0.381. The Balaban J connectivity index is 1.85. The van der Waals surface area contributed by atoms with Gasteiger partial charge in [-0.15, -0.1) is 0 Å². The minimum Gasteiger partial charge on any atom is -0.480 e. The van der Waals surface area contributed by atoms with Crippen LogP contribution in [-0.2, 0) is 22.6 Å². The molecule has 0 bridgehead atoms. The monoisotopic (exact) mass is 384 g/mol. The summed E-state index contributed by atoms with van der Waals surface area (Å²) in [5.74, 6) is -1.77. The van der Waals surface area contributed by atoms with Gasteiger partial charge in [0.2, 0.25) is 5.91 Å². The molecule has 2 aromatic rings. The highest BCUT2D eigenvalue weighted by atomic mass is 16.4. The molecule has 0 fully saturated rings. The van der Waals surface area contributed by atoms with E-state index in [4.69, 9.17) is 4.42 Å². The van der Waals surface area contributed by atoms with Crippen molar-refractivity contribution >= 4 is 17.8 Å². The second-order valence-electron chi connectivity index (χ2n) is 6.94. The molecule has 0 saturated heterocycles. The van der Waals surface area contributed by atoms with Crippen molar-refractivity contribution < 1.29 is 23.9 Å². The standard InChI is InChI=1S/C21H24N2O5/c1-2-3-9-16(21(26)27)22-19(24)17-12-14-7-4-5-8-15(14)13-23(17)20(25)18-10-6-11-28-18/h4-8,10-11,16-17H,2-3,9,12-13H2,1H3,(H,22,24)(H,26,27)/t16-,17?/m0/s1. The molecule has 1 unspecified atom stereocenters. The van der Waals surface area contributed by atoms with E-state index in [0.29, 0.717) is 19.3 Å². The van der Waals surface area contributed by atoms with Gasteiger partial charge < -0.3 is 19.7 Å². The molecule has 0 aliphatic carbocycles. The number of furan rings is 1. The number of fused-ring (bicyclic) bond motifs is 1. The van der Waals surface area contributed by atoms with Gasteiger partial charge in [0, 0.05) is 13.0 Å². The Morgan fingerprint density at radius 2 is 1.96 bits per heavy atom. The van der Waals surface area contributed by atoms with Gasteiger partial charge >= 0.3 is 5.97 Å². The summed E-state index contributed by atoms with van der Waals surface area (Å²) < 4.78 is 5.22. The second kappa shape index (κ2) is 8.73. The van der Waals surface area contributed by atoms with Gasteiger partial charge in [-0.2, -0.15) is 0 Å². The Hall–Kier alpha value is -3.09. The van der Waals surface area contributed by atoms with Crippen molar-refractivity contribution in [2.75, 3.05) is 0 Å². The molecule has 7 heteroatoms. The Labute approximate surface area is 163 Å². The van der Waals surface area contributed by atoms with Crippen LogP contribution in [0.1, 0.15) is 47.9 Å². The molecule has 2 amide bonds. The highest BCUT2D eigenvalue weighted by Gasteiger charge is 2.37. The largest absolute Gasteiger partial charge is 0.480 e. The lowest BCUT2D eigenvalue weighted by Crippen LogP contribution is -2.55. The predicted octanol–water partition coefficient (Wildman–Crippen LogP) is 2.61. The van der Waals surface area contributed by atoms with E-state index in [1.807, 2.05) is 31.2 Å². The molecule has 0 radical (unpaired) electrons. The number of hydrogen-bond acceptors (Lipinski definition) is 4. The van der Waals surface area contributed by atoms with Crippen LogP contribution in [0.15, 0.2) is 47.1 Å². The SMILES string of the molecule is CCCC[C@H](NC(=O)C1Cc2ccccc2CN1C(=O)c1ccco1)C(=O)O. The molecule has 1 aliphatic rings. The first-order chi connectivity index (χ1) is 13.5. The van der Waals surface area contributed by atoms with Crippen molar-refractivity contribution in [1.29, 1.82) is 0 Å². The number of nitrogens with one attached hydrogen (secondary N) is 1. The van der Waals surface area contributed by atoms with Crippen LogP contribution < -0.4 is 5.32 Å². The van der Waals surface area contributed by atoms with E-state index >= 15 is 0 Å². The van der Waals surface area contributed by atoms with Gasteiger partial charge in [0.05, 0.1) is 6.26 Å². The van der Waals surface area contributed by atoms with Crippen molar-refractivity contribution in [3.8, 4) is 0 Å². The normalized spacial score (nSPS) is 16.9. The molecule has 2 heterocycles. The molecule has 148 valence electrons. The van der Waals surface area contributed by atoms with E-state index in [-0.39, 0.29) is 18.2 Å². The summed E-state index contributed by atoms with van der Waals surface area (Å²) in [7, 11) is 0. The number of aliphatic carboxylic acids is 1. The molecule has 0 saturated carbocycles. The molecule has 3 rings (SSSR count). The number of amides is 2. The lowest BCUT2D eigenvalue weighted by molar-refractivity contribution is -0.142.